The van der Waals surface area contributed by atoms with Crippen molar-refractivity contribution in [2.75, 3.05) is 26.7 Å². The number of halogens is 1. The first-order valence-corrected chi connectivity index (χ1v) is 10.5. The van der Waals surface area contributed by atoms with E-state index in [2.05, 4.69) is 70.0 Å². The summed E-state index contributed by atoms with van der Waals surface area (Å²) in [5.41, 5.74) is 2.48. The molecule has 146 valence electrons. The first-order chi connectivity index (χ1) is 12.1. The molecular weight excluding hydrogens is 477 g/mol. The van der Waals surface area contributed by atoms with Crippen LogP contribution in [0.3, 0.4) is 0 Å². The van der Waals surface area contributed by atoms with Crippen LogP contribution in [0.2, 0.25) is 0 Å². The summed E-state index contributed by atoms with van der Waals surface area (Å²) >= 11 is 3.49. The molecule has 5 nitrogen and oxygen atoms in total. The zero-order valence-electron chi connectivity index (χ0n) is 16.2. The minimum atomic E-state index is 0. The lowest BCUT2D eigenvalue weighted by Gasteiger charge is -2.30. The number of likely N-dealkylation sites (N-methyl/N-ethyl adjacent to an activating group) is 1. The molecule has 0 saturated heterocycles. The molecule has 2 rings (SSSR count). The molecule has 8 heteroatoms. The Morgan fingerprint density at radius 1 is 1.27 bits per heavy atom. The van der Waals surface area contributed by atoms with Crippen LogP contribution in [0.25, 0.3) is 0 Å². The lowest BCUT2D eigenvalue weighted by Crippen LogP contribution is -2.42. The van der Waals surface area contributed by atoms with E-state index < -0.39 is 0 Å². The number of guanidine groups is 1. The van der Waals surface area contributed by atoms with E-state index in [1.54, 1.807) is 22.7 Å². The molecule has 0 saturated carbocycles. The van der Waals surface area contributed by atoms with Gasteiger partial charge in [0, 0.05) is 18.5 Å². The summed E-state index contributed by atoms with van der Waals surface area (Å²) in [5.74, 6) is 0.817. The normalized spacial score (nSPS) is 12.8. The Labute approximate surface area is 182 Å². The quantitative estimate of drug-likeness (QED) is 0.320. The smallest absolute Gasteiger partial charge is 0.191 e. The van der Waals surface area contributed by atoms with Crippen molar-refractivity contribution in [3.8, 4) is 0 Å². The summed E-state index contributed by atoms with van der Waals surface area (Å²) in [6, 6.07) is 2.57. The molecule has 1 atom stereocenters. The van der Waals surface area contributed by atoms with Crippen molar-refractivity contribution in [1.82, 2.24) is 20.5 Å². The van der Waals surface area contributed by atoms with Gasteiger partial charge in [-0.1, -0.05) is 13.8 Å². The highest BCUT2D eigenvalue weighted by Gasteiger charge is 2.18. The van der Waals surface area contributed by atoms with Gasteiger partial charge in [-0.2, -0.15) is 11.3 Å². The summed E-state index contributed by atoms with van der Waals surface area (Å²) in [5, 5.41) is 12.3. The topological polar surface area (TPSA) is 52.5 Å². The van der Waals surface area contributed by atoms with E-state index in [1.807, 2.05) is 7.05 Å². The number of rotatable bonds is 8. The Bertz CT molecular complexity index is 646. The molecule has 1 unspecified atom stereocenters. The summed E-state index contributed by atoms with van der Waals surface area (Å²) < 4.78 is 0. The minimum Gasteiger partial charge on any atom is -0.354 e. The van der Waals surface area contributed by atoms with Gasteiger partial charge in [0.05, 0.1) is 18.3 Å². The molecular formula is C18H30IN5S2. The van der Waals surface area contributed by atoms with Crippen molar-refractivity contribution < 1.29 is 0 Å². The maximum absolute atomic E-state index is 4.57. The average Bonchev–Trinajstić information content (AvgIpc) is 3.24. The third kappa shape index (κ3) is 6.47. The molecule has 0 bridgehead atoms. The van der Waals surface area contributed by atoms with E-state index in [1.165, 1.54) is 10.4 Å². The fraction of sp³-hybridized carbons (Fsp3) is 0.556. The molecule has 0 fully saturated rings. The summed E-state index contributed by atoms with van der Waals surface area (Å²) in [4.78, 5) is 12.7. The van der Waals surface area contributed by atoms with Crippen LogP contribution in [0.5, 0.6) is 0 Å². The van der Waals surface area contributed by atoms with Gasteiger partial charge in [0.25, 0.3) is 0 Å². The molecule has 0 aliphatic rings. The molecule has 2 aromatic heterocycles. The number of aliphatic imine (C=N–C) groups is 1. The first kappa shape index (κ1) is 23.3. The number of thiophene rings is 1. The molecule has 0 amide bonds. The van der Waals surface area contributed by atoms with Crippen LogP contribution in [-0.4, -0.2) is 42.5 Å². The maximum Gasteiger partial charge on any atom is 0.191 e. The second-order valence-electron chi connectivity index (χ2n) is 5.85. The summed E-state index contributed by atoms with van der Waals surface area (Å²) in [6.07, 6.45) is 0. The Hall–Kier alpha value is -0.710. The van der Waals surface area contributed by atoms with E-state index in [0.717, 1.165) is 36.3 Å². The third-order valence-electron chi connectivity index (χ3n) is 4.35. The number of aryl methyl sites for hydroxylation is 2. The minimum absolute atomic E-state index is 0. The number of hydrogen-bond donors (Lipinski definition) is 2. The van der Waals surface area contributed by atoms with Crippen LogP contribution in [0.4, 0.5) is 0 Å². The highest BCUT2D eigenvalue weighted by molar-refractivity contribution is 14.0. The fourth-order valence-electron chi connectivity index (χ4n) is 2.77. The SMILES string of the molecule is CCN(CC)C(CNC(=NC)NCc1nc(C)c(C)s1)c1ccsc1.I. The second-order valence-corrected chi connectivity index (χ2v) is 7.92. The van der Waals surface area contributed by atoms with E-state index >= 15 is 0 Å². The van der Waals surface area contributed by atoms with Gasteiger partial charge in [-0.05, 0) is 49.3 Å². The van der Waals surface area contributed by atoms with Gasteiger partial charge >= 0.3 is 0 Å². The summed E-state index contributed by atoms with van der Waals surface area (Å²) in [6.45, 7) is 12.2. The van der Waals surface area contributed by atoms with Crippen molar-refractivity contribution in [2.45, 2.75) is 40.3 Å². The molecule has 0 aliphatic heterocycles. The van der Waals surface area contributed by atoms with Crippen LogP contribution in [0, 0.1) is 13.8 Å². The van der Waals surface area contributed by atoms with Gasteiger partial charge in [0.1, 0.15) is 5.01 Å². The molecule has 2 aromatic rings. The van der Waals surface area contributed by atoms with Gasteiger partial charge in [0.2, 0.25) is 0 Å². The Balaban J connectivity index is 0.00000338. The van der Waals surface area contributed by atoms with Gasteiger partial charge in [0.15, 0.2) is 5.96 Å². The predicted molar refractivity (Wildman–Crippen MR) is 125 cm³/mol. The third-order valence-corrected chi connectivity index (χ3v) is 6.12. The lowest BCUT2D eigenvalue weighted by atomic mass is 10.1. The molecule has 2 heterocycles. The lowest BCUT2D eigenvalue weighted by molar-refractivity contribution is 0.219. The van der Waals surface area contributed by atoms with E-state index in [0.29, 0.717) is 12.6 Å². The molecule has 0 radical (unpaired) electrons. The van der Waals surface area contributed by atoms with E-state index in [4.69, 9.17) is 0 Å². The number of nitrogens with zero attached hydrogens (tertiary/aromatic N) is 3. The standard InChI is InChI=1S/C18H29N5S2.HI/c1-6-23(7-2)16(15-8-9-24-12-15)10-20-18(19-5)21-11-17-22-13(3)14(4)25-17;/h8-9,12,16H,6-7,10-11H2,1-5H3,(H2,19,20,21);1H. The zero-order valence-corrected chi connectivity index (χ0v) is 20.2. The number of aromatic nitrogens is 1. The number of thiazole rings is 1. The number of nitrogens with one attached hydrogen (secondary N) is 2. The average molecular weight is 508 g/mol. The first-order valence-electron chi connectivity index (χ1n) is 8.72. The van der Waals surface area contributed by atoms with Crippen molar-refractivity contribution >= 4 is 52.6 Å². The monoisotopic (exact) mass is 507 g/mol. The zero-order chi connectivity index (χ0) is 18.2. The van der Waals surface area contributed by atoms with Crippen LogP contribution in [-0.2, 0) is 6.54 Å². The van der Waals surface area contributed by atoms with Crippen LogP contribution < -0.4 is 10.6 Å². The van der Waals surface area contributed by atoms with Gasteiger partial charge in [-0.15, -0.1) is 35.3 Å². The van der Waals surface area contributed by atoms with Crippen LogP contribution in [0.15, 0.2) is 21.8 Å². The molecule has 0 aliphatic carbocycles. The van der Waals surface area contributed by atoms with Crippen LogP contribution in [0.1, 0.15) is 41.0 Å². The second kappa shape index (κ2) is 11.9. The van der Waals surface area contributed by atoms with Gasteiger partial charge in [-0.25, -0.2) is 4.98 Å². The fourth-order valence-corrected chi connectivity index (χ4v) is 4.36. The van der Waals surface area contributed by atoms with Crippen molar-refractivity contribution in [3.63, 3.8) is 0 Å². The van der Waals surface area contributed by atoms with Crippen molar-refractivity contribution in [2.24, 2.45) is 4.99 Å². The van der Waals surface area contributed by atoms with Gasteiger partial charge < -0.3 is 10.6 Å². The highest BCUT2D eigenvalue weighted by atomic mass is 127. The molecule has 0 spiro atoms. The largest absolute Gasteiger partial charge is 0.354 e. The van der Waals surface area contributed by atoms with Gasteiger partial charge in [-0.3, -0.25) is 9.89 Å². The van der Waals surface area contributed by atoms with Crippen molar-refractivity contribution in [1.29, 1.82) is 0 Å². The molecule has 26 heavy (non-hydrogen) atoms. The van der Waals surface area contributed by atoms with Crippen molar-refractivity contribution in [3.05, 3.63) is 38.0 Å². The molecule has 0 aromatic carbocycles. The Kier molecular flexibility index (Phi) is 10.7. The molecule has 2 N–H and O–H groups in total. The number of hydrogen-bond acceptors (Lipinski definition) is 5. The van der Waals surface area contributed by atoms with Crippen LogP contribution >= 0.6 is 46.7 Å². The Morgan fingerprint density at radius 3 is 2.50 bits per heavy atom. The van der Waals surface area contributed by atoms with E-state index in [9.17, 15) is 0 Å². The highest BCUT2D eigenvalue weighted by Crippen LogP contribution is 2.22. The maximum atomic E-state index is 4.57. The summed E-state index contributed by atoms with van der Waals surface area (Å²) in [7, 11) is 1.81. The Morgan fingerprint density at radius 2 is 2.00 bits per heavy atom. The van der Waals surface area contributed by atoms with E-state index in [-0.39, 0.29) is 24.0 Å². The predicted octanol–water partition coefficient (Wildman–Crippen LogP) is 4.19.